The highest BCUT2D eigenvalue weighted by atomic mass is 16.3. The molecule has 2 heterocycles. The molecule has 1 aliphatic heterocycles. The van der Waals surface area contributed by atoms with Crippen LogP contribution in [0.3, 0.4) is 0 Å². The molecule has 4 rings (SSSR count). The molecule has 6 atom stereocenters. The van der Waals surface area contributed by atoms with Crippen LogP contribution >= 0.6 is 0 Å². The second-order valence-electron chi connectivity index (χ2n) is 10.9. The molecule has 0 aromatic carbocycles. The molecule has 0 amide bonds. The first-order valence-electron chi connectivity index (χ1n) is 11.3. The summed E-state index contributed by atoms with van der Waals surface area (Å²) in [7, 11) is 0. The highest BCUT2D eigenvalue weighted by Crippen LogP contribution is 2.56. The van der Waals surface area contributed by atoms with E-state index in [4.69, 9.17) is 0 Å². The van der Waals surface area contributed by atoms with Crippen LogP contribution in [-0.2, 0) is 0 Å². The van der Waals surface area contributed by atoms with Crippen molar-refractivity contribution in [3.63, 3.8) is 0 Å². The first-order chi connectivity index (χ1) is 12.2. The zero-order valence-corrected chi connectivity index (χ0v) is 17.9. The maximum absolute atomic E-state index is 11.5. The van der Waals surface area contributed by atoms with Crippen LogP contribution < -0.4 is 0 Å². The van der Waals surface area contributed by atoms with E-state index in [0.29, 0.717) is 17.3 Å². The van der Waals surface area contributed by atoms with Crippen LogP contribution in [0, 0.1) is 22.7 Å². The van der Waals surface area contributed by atoms with Crippen molar-refractivity contribution in [2.75, 3.05) is 0 Å². The molecule has 0 saturated heterocycles. The minimum Gasteiger partial charge on any atom is -0.391 e. The molecule has 0 spiro atoms. The van der Waals surface area contributed by atoms with Crippen LogP contribution in [-0.4, -0.2) is 25.6 Å². The largest absolute Gasteiger partial charge is 0.391 e. The zero-order chi connectivity index (χ0) is 18.9. The molecular formula is C22H41N3O. The molecule has 2 saturated carbocycles. The van der Waals surface area contributed by atoms with Crippen LogP contribution in [0.1, 0.15) is 111 Å². The van der Waals surface area contributed by atoms with E-state index in [-0.39, 0.29) is 17.6 Å². The predicted molar refractivity (Wildman–Crippen MR) is 106 cm³/mol. The number of nitrogens with zero attached hydrogens (tertiary/aromatic N) is 3. The molecule has 1 aromatic heterocycles. The van der Waals surface area contributed by atoms with Crippen molar-refractivity contribution in [3.8, 4) is 0 Å². The van der Waals surface area contributed by atoms with Crippen LogP contribution in [0.15, 0.2) is 0 Å². The predicted octanol–water partition coefficient (Wildman–Crippen LogP) is 5.56. The smallest absolute Gasteiger partial charge is 0.0972 e. The van der Waals surface area contributed by atoms with Gasteiger partial charge in [0.2, 0.25) is 0 Å². The topological polar surface area (TPSA) is 35.0 Å². The average Bonchev–Trinajstić information content (AvgIpc) is 3.28. The molecule has 6 unspecified atom stereocenters. The van der Waals surface area contributed by atoms with Gasteiger partial charge in [-0.15, -0.1) is 0 Å². The third kappa shape index (κ3) is 2.65. The highest BCUT2D eigenvalue weighted by molar-refractivity contribution is 5.02. The van der Waals surface area contributed by atoms with Gasteiger partial charge in [-0.1, -0.05) is 67.2 Å². The molecule has 0 bridgehead atoms. The number of hydrogen-bond acceptors (Lipinski definition) is 1. The van der Waals surface area contributed by atoms with Crippen molar-refractivity contribution in [2.45, 2.75) is 117 Å². The van der Waals surface area contributed by atoms with Gasteiger partial charge in [0.1, 0.15) is 0 Å². The van der Waals surface area contributed by atoms with E-state index in [1.807, 2.05) is 0 Å². The molecule has 0 radical (unpaired) electrons. The summed E-state index contributed by atoms with van der Waals surface area (Å²) in [5, 5.41) is 11.5. The SMILES string of the molecule is CCC(C)(C)C1CC(n2n3n2C2CCCCC23)C(O)C(C(C)(C)CC)C1. The van der Waals surface area contributed by atoms with E-state index in [1.165, 1.54) is 38.5 Å². The maximum atomic E-state index is 11.5. The van der Waals surface area contributed by atoms with E-state index >= 15 is 0 Å². The molecular weight excluding hydrogens is 322 g/mol. The van der Waals surface area contributed by atoms with Gasteiger partial charge in [0.25, 0.3) is 0 Å². The second kappa shape index (κ2) is 6.18. The Labute approximate surface area is 159 Å². The Morgan fingerprint density at radius 1 is 0.769 bits per heavy atom. The van der Waals surface area contributed by atoms with Crippen LogP contribution in [0.4, 0.5) is 0 Å². The summed E-state index contributed by atoms with van der Waals surface area (Å²) >= 11 is 0. The third-order valence-electron chi connectivity index (χ3n) is 8.99. The standard InChI is InChI=1S/C22H41N3O/c1-7-21(3,4)15-13-16(22(5,6)8-2)20(26)19(14-15)25-23-17-11-9-10-12-18(17)24(23)25/h15-20,26H,7-14H2,1-6H3. The van der Waals surface area contributed by atoms with Crippen LogP contribution in [0.25, 0.3) is 0 Å². The normalized spacial score (nSPS) is 38.0. The quantitative estimate of drug-likeness (QED) is 0.730. The van der Waals surface area contributed by atoms with Gasteiger partial charge < -0.3 is 5.11 Å². The molecule has 1 N–H and O–H groups in total. The second-order valence-corrected chi connectivity index (χ2v) is 10.9. The summed E-state index contributed by atoms with van der Waals surface area (Å²) < 4.78 is 0. The van der Waals surface area contributed by atoms with Gasteiger partial charge >= 0.3 is 0 Å². The Bertz CT molecular complexity index is 610. The maximum Gasteiger partial charge on any atom is 0.0972 e. The third-order valence-corrected chi connectivity index (χ3v) is 8.99. The molecule has 3 aliphatic rings. The molecule has 26 heavy (non-hydrogen) atoms. The minimum absolute atomic E-state index is 0.201. The van der Waals surface area contributed by atoms with Crippen molar-refractivity contribution in [1.82, 2.24) is 14.4 Å². The number of aliphatic hydroxyl groups excluding tert-OH is 1. The summed E-state index contributed by atoms with van der Waals surface area (Å²) in [4.78, 5) is 7.48. The molecule has 4 heteroatoms. The van der Waals surface area contributed by atoms with Gasteiger partial charge in [0.05, 0.1) is 24.2 Å². The fraction of sp³-hybridized carbons (Fsp3) is 1.00. The van der Waals surface area contributed by atoms with Crippen LogP contribution in [0.2, 0.25) is 0 Å². The van der Waals surface area contributed by atoms with Gasteiger partial charge in [-0.25, -0.2) is 0 Å². The van der Waals surface area contributed by atoms with E-state index < -0.39 is 0 Å². The van der Waals surface area contributed by atoms with Crippen LogP contribution in [0.5, 0.6) is 0 Å². The monoisotopic (exact) mass is 363 g/mol. The van der Waals surface area contributed by atoms with E-state index in [0.717, 1.165) is 24.9 Å². The molecule has 150 valence electrons. The first-order valence-corrected chi connectivity index (χ1v) is 11.3. The Hall–Kier alpha value is -0.640. The number of fused-ring (bicyclic) bond motifs is 4. The summed E-state index contributed by atoms with van der Waals surface area (Å²) in [5.41, 5.74) is 0.555. The zero-order valence-electron chi connectivity index (χ0n) is 17.9. The fourth-order valence-corrected chi connectivity index (χ4v) is 6.07. The Morgan fingerprint density at radius 2 is 1.27 bits per heavy atom. The highest BCUT2D eigenvalue weighted by Gasteiger charge is 2.55. The van der Waals surface area contributed by atoms with Crippen molar-refractivity contribution in [3.05, 3.63) is 0 Å². The summed E-state index contributed by atoms with van der Waals surface area (Å²) in [6.45, 7) is 14.3. The molecule has 1 aromatic rings. The Balaban J connectivity index is 1.63. The van der Waals surface area contributed by atoms with Crippen molar-refractivity contribution in [1.29, 1.82) is 0 Å². The van der Waals surface area contributed by atoms with Crippen molar-refractivity contribution >= 4 is 0 Å². The van der Waals surface area contributed by atoms with Gasteiger partial charge in [-0.2, -0.15) is 14.4 Å². The lowest BCUT2D eigenvalue weighted by molar-refractivity contribution is -0.0729. The molecule has 4 nitrogen and oxygen atoms in total. The van der Waals surface area contributed by atoms with Crippen molar-refractivity contribution < 1.29 is 5.11 Å². The summed E-state index contributed by atoms with van der Waals surface area (Å²) in [5.74, 6) is 1.09. The lowest BCUT2D eigenvalue weighted by Gasteiger charge is -2.49. The number of rotatable bonds is 5. The molecule has 2 aliphatic carbocycles. The summed E-state index contributed by atoms with van der Waals surface area (Å²) in [6, 6.07) is 1.74. The molecule has 2 fully saturated rings. The number of hydrogen-bond donors (Lipinski definition) is 1. The van der Waals surface area contributed by atoms with Crippen molar-refractivity contribution in [2.24, 2.45) is 22.7 Å². The van der Waals surface area contributed by atoms with E-state index in [1.54, 1.807) is 0 Å². The van der Waals surface area contributed by atoms with E-state index in [2.05, 4.69) is 55.9 Å². The summed E-state index contributed by atoms with van der Waals surface area (Å²) in [6.07, 6.45) is 9.92. The number of aliphatic hydroxyl groups is 1. The Morgan fingerprint density at radius 3 is 1.77 bits per heavy atom. The Kier molecular flexibility index (Phi) is 4.45. The lowest BCUT2D eigenvalue weighted by atomic mass is 9.59. The van der Waals surface area contributed by atoms with E-state index in [9.17, 15) is 5.11 Å². The average molecular weight is 364 g/mol. The van der Waals surface area contributed by atoms with Gasteiger partial charge in [-0.3, -0.25) is 0 Å². The van der Waals surface area contributed by atoms with Gasteiger partial charge in [0.15, 0.2) is 0 Å². The van der Waals surface area contributed by atoms with Gasteiger partial charge in [-0.05, 0) is 48.3 Å². The first kappa shape index (κ1) is 18.7. The fourth-order valence-electron chi connectivity index (χ4n) is 6.07. The van der Waals surface area contributed by atoms with Gasteiger partial charge in [0, 0.05) is 0 Å². The lowest BCUT2D eigenvalue weighted by Crippen LogP contribution is -2.47. The number of aromatic nitrogens is 3. The minimum atomic E-state index is -0.207.